The van der Waals surface area contributed by atoms with Gasteiger partial charge in [0.2, 0.25) is 5.95 Å². The predicted octanol–water partition coefficient (Wildman–Crippen LogP) is 2.06. The third-order valence-corrected chi connectivity index (χ3v) is 4.94. The molecule has 2 aromatic rings. The molecular weight excluding hydrogens is 328 g/mol. The van der Waals surface area contributed by atoms with E-state index >= 15 is 0 Å². The van der Waals surface area contributed by atoms with Crippen molar-refractivity contribution >= 4 is 5.95 Å². The Morgan fingerprint density at radius 1 is 1.12 bits per heavy atom. The van der Waals surface area contributed by atoms with Crippen molar-refractivity contribution in [1.82, 2.24) is 24.8 Å². The predicted molar refractivity (Wildman–Crippen MR) is 99.0 cm³/mol. The first kappa shape index (κ1) is 17.3. The van der Waals surface area contributed by atoms with Gasteiger partial charge in [0.1, 0.15) is 11.9 Å². The van der Waals surface area contributed by atoms with Crippen LogP contribution in [0.3, 0.4) is 0 Å². The Hall–Kier alpha value is -2.12. The van der Waals surface area contributed by atoms with Gasteiger partial charge in [0.05, 0.1) is 18.0 Å². The van der Waals surface area contributed by atoms with Crippen LogP contribution in [0, 0.1) is 13.8 Å². The molecule has 0 saturated carbocycles. The molecule has 7 nitrogen and oxygen atoms in total. The largest absolute Gasteiger partial charge is 0.369 e. The Morgan fingerprint density at radius 2 is 1.96 bits per heavy atom. The standard InChI is InChI=1S/C19H26N6O/c1-14-11-17(22-15(2)21-14)18-13-24(9-10-26-18)12-16-5-6-20-19(23-16)25-7-3-4-8-25/h5-6,11,18H,3-4,7-10,12-13H2,1-2H3/t18-/m0/s1. The highest BCUT2D eigenvalue weighted by molar-refractivity contribution is 5.31. The fraction of sp³-hybridized carbons (Fsp3) is 0.579. The van der Waals surface area contributed by atoms with Gasteiger partial charge in [-0.25, -0.2) is 19.9 Å². The zero-order valence-electron chi connectivity index (χ0n) is 15.6. The molecule has 2 saturated heterocycles. The molecule has 0 spiro atoms. The van der Waals surface area contributed by atoms with E-state index in [-0.39, 0.29) is 6.10 Å². The van der Waals surface area contributed by atoms with E-state index in [0.29, 0.717) is 6.61 Å². The van der Waals surface area contributed by atoms with Crippen LogP contribution in [-0.2, 0) is 11.3 Å². The fourth-order valence-electron chi connectivity index (χ4n) is 3.71. The highest BCUT2D eigenvalue weighted by atomic mass is 16.5. The molecule has 2 aromatic heterocycles. The van der Waals surface area contributed by atoms with Gasteiger partial charge in [0.25, 0.3) is 0 Å². The van der Waals surface area contributed by atoms with Crippen LogP contribution in [0.4, 0.5) is 5.95 Å². The fourth-order valence-corrected chi connectivity index (χ4v) is 3.71. The second-order valence-electron chi connectivity index (χ2n) is 7.12. The molecule has 2 fully saturated rings. The van der Waals surface area contributed by atoms with Gasteiger partial charge in [0.15, 0.2) is 0 Å². The van der Waals surface area contributed by atoms with Crippen molar-refractivity contribution in [3.05, 3.63) is 41.2 Å². The lowest BCUT2D eigenvalue weighted by atomic mass is 10.1. The number of aryl methyl sites for hydroxylation is 2. The molecule has 0 unspecified atom stereocenters. The Bertz CT molecular complexity index is 741. The smallest absolute Gasteiger partial charge is 0.225 e. The zero-order chi connectivity index (χ0) is 17.9. The molecule has 1 atom stereocenters. The van der Waals surface area contributed by atoms with E-state index in [1.807, 2.05) is 32.2 Å². The average molecular weight is 354 g/mol. The molecule has 7 heteroatoms. The monoisotopic (exact) mass is 354 g/mol. The maximum Gasteiger partial charge on any atom is 0.225 e. The molecule has 4 heterocycles. The van der Waals surface area contributed by atoms with Crippen LogP contribution in [0.5, 0.6) is 0 Å². The molecule has 0 bridgehead atoms. The minimum atomic E-state index is -0.0101. The number of nitrogens with zero attached hydrogens (tertiary/aromatic N) is 6. The topological polar surface area (TPSA) is 67.3 Å². The summed E-state index contributed by atoms with van der Waals surface area (Å²) in [4.78, 5) is 22.8. The maximum absolute atomic E-state index is 5.97. The normalized spacial score (nSPS) is 21.3. The SMILES string of the molecule is Cc1cc([C@@H]2CN(Cc3ccnc(N4CCCC4)n3)CCO2)nc(C)n1. The van der Waals surface area contributed by atoms with Crippen LogP contribution in [0.2, 0.25) is 0 Å². The van der Waals surface area contributed by atoms with Crippen LogP contribution in [-0.4, -0.2) is 57.6 Å². The second kappa shape index (κ2) is 7.63. The summed E-state index contributed by atoms with van der Waals surface area (Å²) >= 11 is 0. The molecule has 0 amide bonds. The third-order valence-electron chi connectivity index (χ3n) is 4.94. The van der Waals surface area contributed by atoms with E-state index in [0.717, 1.165) is 61.6 Å². The maximum atomic E-state index is 5.97. The van der Waals surface area contributed by atoms with Crippen molar-refractivity contribution in [1.29, 1.82) is 0 Å². The molecule has 4 rings (SSSR count). The van der Waals surface area contributed by atoms with E-state index < -0.39 is 0 Å². The molecule has 0 aromatic carbocycles. The van der Waals surface area contributed by atoms with E-state index in [1.165, 1.54) is 12.8 Å². The Morgan fingerprint density at radius 3 is 2.77 bits per heavy atom. The van der Waals surface area contributed by atoms with Crippen molar-refractivity contribution in [2.75, 3.05) is 37.7 Å². The number of morpholine rings is 1. The Labute approximate surface area is 154 Å². The van der Waals surface area contributed by atoms with Gasteiger partial charge in [-0.3, -0.25) is 4.90 Å². The number of hydrogen-bond acceptors (Lipinski definition) is 7. The molecule has 26 heavy (non-hydrogen) atoms. The lowest BCUT2D eigenvalue weighted by Gasteiger charge is -2.32. The first-order chi connectivity index (χ1) is 12.7. The minimum Gasteiger partial charge on any atom is -0.369 e. The number of aromatic nitrogens is 4. The Kier molecular flexibility index (Phi) is 5.08. The van der Waals surface area contributed by atoms with Crippen LogP contribution in [0.1, 0.15) is 41.9 Å². The summed E-state index contributed by atoms with van der Waals surface area (Å²) in [5, 5.41) is 0. The summed E-state index contributed by atoms with van der Waals surface area (Å²) in [7, 11) is 0. The first-order valence-electron chi connectivity index (χ1n) is 9.40. The molecule has 138 valence electrons. The second-order valence-corrected chi connectivity index (χ2v) is 7.12. The van der Waals surface area contributed by atoms with E-state index in [1.54, 1.807) is 0 Å². The molecule has 0 aliphatic carbocycles. The van der Waals surface area contributed by atoms with Gasteiger partial charge < -0.3 is 9.64 Å². The highest BCUT2D eigenvalue weighted by Gasteiger charge is 2.24. The van der Waals surface area contributed by atoms with Crippen molar-refractivity contribution in [3.63, 3.8) is 0 Å². The van der Waals surface area contributed by atoms with Gasteiger partial charge in [0, 0.05) is 44.6 Å². The Balaban J connectivity index is 1.44. The van der Waals surface area contributed by atoms with Crippen molar-refractivity contribution < 1.29 is 4.74 Å². The molecule has 0 N–H and O–H groups in total. The van der Waals surface area contributed by atoms with Crippen LogP contribution in [0.25, 0.3) is 0 Å². The van der Waals surface area contributed by atoms with Crippen molar-refractivity contribution in [2.45, 2.75) is 39.3 Å². The third kappa shape index (κ3) is 3.99. The minimum absolute atomic E-state index is 0.0101. The summed E-state index contributed by atoms with van der Waals surface area (Å²) in [6.07, 6.45) is 4.34. The number of rotatable bonds is 4. The van der Waals surface area contributed by atoms with E-state index in [2.05, 4.69) is 24.8 Å². The average Bonchev–Trinajstić information content (AvgIpc) is 3.16. The lowest BCUT2D eigenvalue weighted by Crippen LogP contribution is -2.38. The summed E-state index contributed by atoms with van der Waals surface area (Å²) in [6, 6.07) is 4.04. The molecule has 0 radical (unpaired) electrons. The van der Waals surface area contributed by atoms with Gasteiger partial charge in [-0.1, -0.05) is 0 Å². The number of ether oxygens (including phenoxy) is 1. The lowest BCUT2D eigenvalue weighted by molar-refractivity contribution is -0.0355. The van der Waals surface area contributed by atoms with E-state index in [4.69, 9.17) is 9.72 Å². The van der Waals surface area contributed by atoms with Gasteiger partial charge in [-0.05, 0) is 38.8 Å². The summed E-state index contributed by atoms with van der Waals surface area (Å²) in [6.45, 7) is 9.30. The summed E-state index contributed by atoms with van der Waals surface area (Å²) in [5.74, 6) is 1.67. The van der Waals surface area contributed by atoms with Crippen LogP contribution in [0.15, 0.2) is 18.3 Å². The zero-order valence-corrected chi connectivity index (χ0v) is 15.6. The quantitative estimate of drug-likeness (QED) is 0.832. The van der Waals surface area contributed by atoms with Crippen LogP contribution >= 0.6 is 0 Å². The summed E-state index contributed by atoms with van der Waals surface area (Å²) in [5.41, 5.74) is 3.03. The van der Waals surface area contributed by atoms with E-state index in [9.17, 15) is 0 Å². The van der Waals surface area contributed by atoms with Gasteiger partial charge in [-0.2, -0.15) is 0 Å². The van der Waals surface area contributed by atoms with Crippen molar-refractivity contribution in [3.8, 4) is 0 Å². The molecule has 2 aliphatic rings. The first-order valence-corrected chi connectivity index (χ1v) is 9.40. The number of hydrogen-bond donors (Lipinski definition) is 0. The molecule has 2 aliphatic heterocycles. The highest BCUT2D eigenvalue weighted by Crippen LogP contribution is 2.23. The van der Waals surface area contributed by atoms with Gasteiger partial charge >= 0.3 is 0 Å². The number of anilines is 1. The van der Waals surface area contributed by atoms with Gasteiger partial charge in [-0.15, -0.1) is 0 Å². The summed E-state index contributed by atoms with van der Waals surface area (Å²) < 4.78 is 5.97. The molecular formula is C19H26N6O. The van der Waals surface area contributed by atoms with Crippen LogP contribution < -0.4 is 4.90 Å². The van der Waals surface area contributed by atoms with Crippen molar-refractivity contribution in [2.24, 2.45) is 0 Å².